The molecular weight excluding hydrogens is 254 g/mol. The van der Waals surface area contributed by atoms with Crippen LogP contribution in [0.15, 0.2) is 24.3 Å². The minimum atomic E-state index is -0.753. The van der Waals surface area contributed by atoms with Gasteiger partial charge in [0.05, 0.1) is 0 Å². The minimum absolute atomic E-state index is 0.164. The summed E-state index contributed by atoms with van der Waals surface area (Å²) < 4.78 is 0. The fourth-order valence-corrected chi connectivity index (χ4v) is 3.29. The average molecular weight is 277 g/mol. The molecule has 4 heteroatoms. The Hall–Kier alpha value is -1.55. The number of rotatable bonds is 4. The molecule has 1 aliphatic heterocycles. The van der Waals surface area contributed by atoms with Crippen LogP contribution in [-0.2, 0) is 10.2 Å². The number of aromatic hydroxyl groups is 1. The van der Waals surface area contributed by atoms with E-state index in [0.717, 1.165) is 37.9 Å². The van der Waals surface area contributed by atoms with Gasteiger partial charge in [-0.25, -0.2) is 0 Å². The molecule has 1 heterocycles. The van der Waals surface area contributed by atoms with E-state index >= 15 is 0 Å². The number of carboxylic acid groups (broad SMARTS) is 1. The van der Waals surface area contributed by atoms with Crippen LogP contribution in [0.1, 0.15) is 37.7 Å². The van der Waals surface area contributed by atoms with Crippen LogP contribution in [0.3, 0.4) is 0 Å². The molecule has 2 N–H and O–H groups in total. The number of nitrogens with zero attached hydrogens (tertiary/aromatic N) is 1. The lowest BCUT2D eigenvalue weighted by molar-refractivity contribution is -0.137. The van der Waals surface area contributed by atoms with Crippen LogP contribution in [0.4, 0.5) is 0 Å². The van der Waals surface area contributed by atoms with Gasteiger partial charge in [-0.1, -0.05) is 18.6 Å². The van der Waals surface area contributed by atoms with E-state index in [2.05, 4.69) is 11.9 Å². The number of likely N-dealkylation sites (N-methyl/N-ethyl adjacent to an activating group) is 1. The topological polar surface area (TPSA) is 60.8 Å². The fraction of sp³-hybridized carbons (Fsp3) is 0.562. The van der Waals surface area contributed by atoms with Gasteiger partial charge in [0.2, 0.25) is 0 Å². The highest BCUT2D eigenvalue weighted by Gasteiger charge is 2.35. The van der Waals surface area contributed by atoms with Gasteiger partial charge >= 0.3 is 5.97 Å². The van der Waals surface area contributed by atoms with Gasteiger partial charge in [0, 0.05) is 18.4 Å². The van der Waals surface area contributed by atoms with E-state index in [4.69, 9.17) is 5.11 Å². The smallest absolute Gasteiger partial charge is 0.303 e. The van der Waals surface area contributed by atoms with E-state index in [0.29, 0.717) is 6.42 Å². The maximum absolute atomic E-state index is 11.0. The molecule has 1 saturated heterocycles. The fourth-order valence-electron chi connectivity index (χ4n) is 3.29. The van der Waals surface area contributed by atoms with Crippen molar-refractivity contribution in [1.29, 1.82) is 0 Å². The Bertz CT molecular complexity index is 475. The number of hydrogen-bond acceptors (Lipinski definition) is 3. The van der Waals surface area contributed by atoms with Crippen molar-refractivity contribution in [2.45, 2.75) is 37.5 Å². The molecule has 1 fully saturated rings. The Morgan fingerprint density at radius 2 is 2.20 bits per heavy atom. The summed E-state index contributed by atoms with van der Waals surface area (Å²) in [6.45, 7) is 1.90. The van der Waals surface area contributed by atoms with E-state index in [1.54, 1.807) is 12.1 Å². The summed E-state index contributed by atoms with van der Waals surface area (Å²) in [5.41, 5.74) is 0.898. The van der Waals surface area contributed by atoms with E-state index < -0.39 is 5.97 Å². The zero-order chi connectivity index (χ0) is 14.6. The second-order valence-corrected chi connectivity index (χ2v) is 5.92. The molecular formula is C16H23NO3. The lowest BCUT2D eigenvalue weighted by Crippen LogP contribution is -2.38. The first-order valence-corrected chi connectivity index (χ1v) is 7.22. The molecule has 2 rings (SSSR count). The quantitative estimate of drug-likeness (QED) is 0.888. The Morgan fingerprint density at radius 1 is 1.40 bits per heavy atom. The summed E-state index contributed by atoms with van der Waals surface area (Å²) in [4.78, 5) is 13.3. The summed E-state index contributed by atoms with van der Waals surface area (Å²) in [6.07, 6.45) is 4.01. The molecule has 4 nitrogen and oxygen atoms in total. The molecule has 1 aromatic carbocycles. The van der Waals surface area contributed by atoms with Crippen molar-refractivity contribution in [3.63, 3.8) is 0 Å². The number of hydrogen-bond donors (Lipinski definition) is 2. The van der Waals surface area contributed by atoms with Crippen molar-refractivity contribution in [3.8, 4) is 5.75 Å². The summed E-state index contributed by atoms with van der Waals surface area (Å²) >= 11 is 0. The van der Waals surface area contributed by atoms with Gasteiger partial charge < -0.3 is 15.1 Å². The van der Waals surface area contributed by atoms with E-state index in [1.165, 1.54) is 0 Å². The predicted octanol–water partition coefficient (Wildman–Crippen LogP) is 2.61. The van der Waals surface area contributed by atoms with Crippen LogP contribution in [0.5, 0.6) is 5.75 Å². The Morgan fingerprint density at radius 3 is 2.90 bits per heavy atom. The number of benzene rings is 1. The van der Waals surface area contributed by atoms with Crippen LogP contribution in [-0.4, -0.2) is 41.2 Å². The van der Waals surface area contributed by atoms with Gasteiger partial charge in [-0.15, -0.1) is 0 Å². The average Bonchev–Trinajstić information content (AvgIpc) is 2.59. The molecule has 0 aliphatic carbocycles. The standard InChI is InChI=1S/C16H23NO3/c1-17-10-3-2-8-16(12-17,9-7-15(19)20)13-5-4-6-14(18)11-13/h4-6,11,18H,2-3,7-10,12H2,1H3,(H,19,20). The van der Waals surface area contributed by atoms with Gasteiger partial charge in [0.1, 0.15) is 5.75 Å². The summed E-state index contributed by atoms with van der Waals surface area (Å²) in [5.74, 6) is -0.500. The highest BCUT2D eigenvalue weighted by atomic mass is 16.4. The van der Waals surface area contributed by atoms with Crippen LogP contribution in [0.2, 0.25) is 0 Å². The number of carbonyl (C=O) groups is 1. The highest BCUT2D eigenvalue weighted by molar-refractivity contribution is 5.67. The molecule has 20 heavy (non-hydrogen) atoms. The zero-order valence-electron chi connectivity index (χ0n) is 12.0. The number of phenols is 1. The maximum atomic E-state index is 11.0. The molecule has 0 radical (unpaired) electrons. The largest absolute Gasteiger partial charge is 0.508 e. The van der Waals surface area contributed by atoms with Crippen molar-refractivity contribution in [1.82, 2.24) is 4.90 Å². The molecule has 0 bridgehead atoms. The second kappa shape index (κ2) is 6.27. The first-order valence-electron chi connectivity index (χ1n) is 7.22. The van der Waals surface area contributed by atoms with Crippen LogP contribution in [0.25, 0.3) is 0 Å². The molecule has 110 valence electrons. The van der Waals surface area contributed by atoms with E-state index in [9.17, 15) is 9.90 Å². The summed E-state index contributed by atoms with van der Waals surface area (Å²) in [6, 6.07) is 7.31. The Balaban J connectivity index is 2.33. The first kappa shape index (κ1) is 14.9. The maximum Gasteiger partial charge on any atom is 0.303 e. The molecule has 1 aromatic rings. The second-order valence-electron chi connectivity index (χ2n) is 5.92. The van der Waals surface area contributed by atoms with Crippen molar-refractivity contribution < 1.29 is 15.0 Å². The number of carboxylic acids is 1. The van der Waals surface area contributed by atoms with Crippen LogP contribution in [0, 0.1) is 0 Å². The van der Waals surface area contributed by atoms with Gasteiger partial charge in [-0.05, 0) is 50.6 Å². The molecule has 0 spiro atoms. The van der Waals surface area contributed by atoms with Gasteiger partial charge in [0.15, 0.2) is 0 Å². The van der Waals surface area contributed by atoms with E-state index in [1.807, 2.05) is 12.1 Å². The minimum Gasteiger partial charge on any atom is -0.508 e. The van der Waals surface area contributed by atoms with Crippen molar-refractivity contribution in [3.05, 3.63) is 29.8 Å². The molecule has 1 atom stereocenters. The molecule has 0 saturated carbocycles. The third-order valence-electron chi connectivity index (χ3n) is 4.29. The summed E-state index contributed by atoms with van der Waals surface area (Å²) in [5, 5.41) is 18.8. The van der Waals surface area contributed by atoms with Gasteiger partial charge in [-0.3, -0.25) is 4.79 Å². The monoisotopic (exact) mass is 277 g/mol. The highest BCUT2D eigenvalue weighted by Crippen LogP contribution is 2.38. The zero-order valence-corrected chi connectivity index (χ0v) is 12.0. The summed E-state index contributed by atoms with van der Waals surface area (Å²) in [7, 11) is 2.09. The van der Waals surface area contributed by atoms with Crippen molar-refractivity contribution >= 4 is 5.97 Å². The Labute approximate surface area is 120 Å². The van der Waals surface area contributed by atoms with Crippen LogP contribution >= 0.6 is 0 Å². The van der Waals surface area contributed by atoms with Crippen molar-refractivity contribution in [2.24, 2.45) is 0 Å². The van der Waals surface area contributed by atoms with E-state index in [-0.39, 0.29) is 17.6 Å². The number of likely N-dealkylation sites (tertiary alicyclic amines) is 1. The molecule has 0 amide bonds. The first-order chi connectivity index (χ1) is 9.52. The van der Waals surface area contributed by atoms with Gasteiger partial charge in [-0.2, -0.15) is 0 Å². The Kier molecular flexibility index (Phi) is 4.65. The third-order valence-corrected chi connectivity index (χ3v) is 4.29. The van der Waals surface area contributed by atoms with Crippen LogP contribution < -0.4 is 0 Å². The number of phenolic OH excluding ortho intramolecular Hbond substituents is 1. The van der Waals surface area contributed by atoms with Gasteiger partial charge in [0.25, 0.3) is 0 Å². The molecule has 0 aromatic heterocycles. The SMILES string of the molecule is CN1CCCCC(CCC(=O)O)(c2cccc(O)c2)C1. The van der Waals surface area contributed by atoms with Crippen molar-refractivity contribution in [2.75, 3.05) is 20.1 Å². The predicted molar refractivity (Wildman–Crippen MR) is 78.0 cm³/mol. The third kappa shape index (κ3) is 3.51. The molecule has 1 aliphatic rings. The lowest BCUT2D eigenvalue weighted by atomic mass is 9.73. The lowest BCUT2D eigenvalue weighted by Gasteiger charge is -2.35. The molecule has 1 unspecified atom stereocenters. The number of aliphatic carboxylic acids is 1. The normalized spacial score (nSPS) is 24.2.